The van der Waals surface area contributed by atoms with E-state index in [9.17, 15) is 0 Å². The largest absolute Gasteiger partial charge is 0.236 e. The van der Waals surface area contributed by atoms with E-state index < -0.39 is 0 Å². The van der Waals surface area contributed by atoms with Gasteiger partial charge in [0.15, 0.2) is 5.82 Å². The molecule has 0 amide bonds. The van der Waals surface area contributed by atoms with Crippen molar-refractivity contribution >= 4 is 0 Å². The summed E-state index contributed by atoms with van der Waals surface area (Å²) in [7, 11) is 0. The van der Waals surface area contributed by atoms with Crippen molar-refractivity contribution in [3.8, 4) is 11.4 Å². The zero-order valence-electron chi connectivity index (χ0n) is 21.8. The number of nitrogens with zero attached hydrogens (tertiary/aromatic N) is 2. The zero-order valence-corrected chi connectivity index (χ0v) is 21.8. The van der Waals surface area contributed by atoms with E-state index in [1.54, 1.807) is 6.07 Å². The van der Waals surface area contributed by atoms with Gasteiger partial charge in [-0.2, -0.15) is 0 Å². The molecule has 0 N–H and O–H groups in total. The highest BCUT2D eigenvalue weighted by Crippen LogP contribution is 2.39. The third-order valence-corrected chi connectivity index (χ3v) is 7.79. The van der Waals surface area contributed by atoms with Gasteiger partial charge in [-0.15, -0.1) is 0 Å². The van der Waals surface area contributed by atoms with Crippen molar-refractivity contribution in [1.29, 1.82) is 0 Å². The van der Waals surface area contributed by atoms with Gasteiger partial charge in [-0.05, 0) is 67.6 Å². The average Bonchev–Trinajstić information content (AvgIpc) is 2.87. The number of halogens is 1. The maximum absolute atomic E-state index is 15.1. The molecule has 1 aromatic carbocycles. The van der Waals surface area contributed by atoms with E-state index in [4.69, 9.17) is 0 Å². The first-order valence-electron chi connectivity index (χ1n) is 14.3. The number of benzene rings is 1. The number of aryl methyl sites for hydroxylation is 1. The minimum atomic E-state index is -0.0829. The summed E-state index contributed by atoms with van der Waals surface area (Å²) < 4.78 is 15.1. The standard InChI is InChI=1S/C31H47FN2/c1-3-5-7-9-11-12-14-25-16-18-27(19-17-25)29-21-20-28(22-30(29)32)31-33-23-26(24-34-31)15-13-10-8-6-4-2/h20-25,27H,3-19H2,1-2H3/t25-,27-. The summed E-state index contributed by atoms with van der Waals surface area (Å²) in [5.74, 6) is 1.76. The fraction of sp³-hybridized carbons (Fsp3) is 0.677. The normalized spacial score (nSPS) is 18.3. The second-order valence-corrected chi connectivity index (χ2v) is 10.6. The van der Waals surface area contributed by atoms with E-state index in [1.807, 2.05) is 24.5 Å². The monoisotopic (exact) mass is 466 g/mol. The molecule has 1 aromatic heterocycles. The quantitative estimate of drug-likeness (QED) is 0.244. The van der Waals surface area contributed by atoms with Gasteiger partial charge in [-0.3, -0.25) is 0 Å². The Balaban J connectivity index is 1.44. The molecular weight excluding hydrogens is 419 g/mol. The number of unbranched alkanes of at least 4 members (excludes halogenated alkanes) is 9. The molecule has 1 heterocycles. The Bertz CT molecular complexity index is 809. The summed E-state index contributed by atoms with van der Waals surface area (Å²) in [6, 6.07) is 5.66. The molecular formula is C31H47FN2. The molecule has 0 unspecified atom stereocenters. The molecule has 1 fully saturated rings. The van der Waals surface area contributed by atoms with Crippen LogP contribution in [-0.4, -0.2) is 9.97 Å². The van der Waals surface area contributed by atoms with Crippen molar-refractivity contribution in [2.45, 2.75) is 129 Å². The molecule has 0 spiro atoms. The van der Waals surface area contributed by atoms with Crippen LogP contribution in [0.3, 0.4) is 0 Å². The first-order chi connectivity index (χ1) is 16.7. The number of rotatable bonds is 15. The molecule has 34 heavy (non-hydrogen) atoms. The fourth-order valence-corrected chi connectivity index (χ4v) is 5.54. The molecule has 3 rings (SSSR count). The van der Waals surface area contributed by atoms with Gasteiger partial charge < -0.3 is 0 Å². The van der Waals surface area contributed by atoms with Gasteiger partial charge in [0.1, 0.15) is 5.82 Å². The Morgan fingerprint density at radius 3 is 2.03 bits per heavy atom. The average molecular weight is 467 g/mol. The van der Waals surface area contributed by atoms with Crippen LogP contribution >= 0.6 is 0 Å². The first kappa shape index (κ1) is 26.8. The Kier molecular flexibility index (Phi) is 12.1. The van der Waals surface area contributed by atoms with Crippen LogP contribution in [0, 0.1) is 11.7 Å². The third-order valence-electron chi connectivity index (χ3n) is 7.79. The Morgan fingerprint density at radius 2 is 1.38 bits per heavy atom. The third kappa shape index (κ3) is 8.78. The lowest BCUT2D eigenvalue weighted by molar-refractivity contribution is 0.298. The van der Waals surface area contributed by atoms with Gasteiger partial charge in [-0.25, -0.2) is 14.4 Å². The molecule has 188 valence electrons. The van der Waals surface area contributed by atoms with Crippen molar-refractivity contribution in [2.24, 2.45) is 5.92 Å². The number of hydrogen-bond donors (Lipinski definition) is 0. The van der Waals surface area contributed by atoms with Crippen LogP contribution in [0.25, 0.3) is 11.4 Å². The molecule has 1 aliphatic carbocycles. The maximum atomic E-state index is 15.1. The SMILES string of the molecule is CCCCCCCC[C@H]1CC[C@H](c2ccc(-c3ncc(CCCCCCC)cn3)cc2F)CC1. The Morgan fingerprint density at radius 1 is 0.765 bits per heavy atom. The molecule has 2 aromatic rings. The van der Waals surface area contributed by atoms with E-state index >= 15 is 4.39 Å². The van der Waals surface area contributed by atoms with E-state index in [1.165, 1.54) is 95.5 Å². The lowest BCUT2D eigenvalue weighted by atomic mass is 9.76. The topological polar surface area (TPSA) is 25.8 Å². The molecule has 3 heteroatoms. The van der Waals surface area contributed by atoms with Crippen molar-refractivity contribution < 1.29 is 4.39 Å². The van der Waals surface area contributed by atoms with E-state index in [0.717, 1.165) is 36.3 Å². The van der Waals surface area contributed by atoms with E-state index in [0.29, 0.717) is 11.7 Å². The minimum Gasteiger partial charge on any atom is -0.236 e. The van der Waals surface area contributed by atoms with Crippen LogP contribution < -0.4 is 0 Å². The summed E-state index contributed by atoms with van der Waals surface area (Å²) in [5, 5.41) is 0. The van der Waals surface area contributed by atoms with Crippen LogP contribution in [0.5, 0.6) is 0 Å². The predicted octanol–water partition coefficient (Wildman–Crippen LogP) is 9.82. The molecule has 0 radical (unpaired) electrons. The minimum absolute atomic E-state index is 0.0829. The molecule has 1 aliphatic rings. The lowest BCUT2D eigenvalue weighted by Gasteiger charge is -2.29. The Hall–Kier alpha value is -1.77. The summed E-state index contributed by atoms with van der Waals surface area (Å²) in [6.45, 7) is 4.51. The molecule has 0 bridgehead atoms. The van der Waals surface area contributed by atoms with Crippen molar-refractivity contribution in [2.75, 3.05) is 0 Å². The smallest absolute Gasteiger partial charge is 0.159 e. The summed E-state index contributed by atoms with van der Waals surface area (Å²) in [5.41, 5.74) is 2.85. The highest BCUT2D eigenvalue weighted by Gasteiger charge is 2.24. The first-order valence-corrected chi connectivity index (χ1v) is 14.3. The summed E-state index contributed by atoms with van der Waals surface area (Å²) in [6.07, 6.45) is 25.6. The molecule has 2 nitrogen and oxygen atoms in total. The van der Waals surface area contributed by atoms with Gasteiger partial charge in [0.25, 0.3) is 0 Å². The van der Waals surface area contributed by atoms with Gasteiger partial charge in [0.2, 0.25) is 0 Å². The lowest BCUT2D eigenvalue weighted by Crippen LogP contribution is -2.14. The fourth-order valence-electron chi connectivity index (χ4n) is 5.54. The molecule has 0 saturated heterocycles. The predicted molar refractivity (Wildman–Crippen MR) is 143 cm³/mol. The van der Waals surface area contributed by atoms with Crippen LogP contribution in [0.15, 0.2) is 30.6 Å². The highest BCUT2D eigenvalue weighted by molar-refractivity contribution is 5.55. The molecule has 1 saturated carbocycles. The highest BCUT2D eigenvalue weighted by atomic mass is 19.1. The van der Waals surface area contributed by atoms with Gasteiger partial charge in [-0.1, -0.05) is 96.6 Å². The summed E-state index contributed by atoms with van der Waals surface area (Å²) in [4.78, 5) is 9.06. The van der Waals surface area contributed by atoms with Crippen LogP contribution in [0.2, 0.25) is 0 Å². The van der Waals surface area contributed by atoms with Crippen molar-refractivity contribution in [3.05, 3.63) is 47.5 Å². The van der Waals surface area contributed by atoms with Gasteiger partial charge in [0.05, 0.1) is 0 Å². The van der Waals surface area contributed by atoms with Crippen molar-refractivity contribution in [1.82, 2.24) is 9.97 Å². The molecule has 0 atom stereocenters. The molecule has 0 aliphatic heterocycles. The van der Waals surface area contributed by atoms with E-state index in [-0.39, 0.29) is 5.82 Å². The maximum Gasteiger partial charge on any atom is 0.159 e. The van der Waals surface area contributed by atoms with Crippen LogP contribution in [0.1, 0.15) is 134 Å². The van der Waals surface area contributed by atoms with Crippen LogP contribution in [0.4, 0.5) is 4.39 Å². The number of aromatic nitrogens is 2. The zero-order chi connectivity index (χ0) is 24.0. The Labute approximate surface area is 208 Å². The second kappa shape index (κ2) is 15.3. The van der Waals surface area contributed by atoms with Crippen LogP contribution in [-0.2, 0) is 6.42 Å². The van der Waals surface area contributed by atoms with E-state index in [2.05, 4.69) is 23.8 Å². The number of hydrogen-bond acceptors (Lipinski definition) is 2. The second-order valence-electron chi connectivity index (χ2n) is 10.6. The van der Waals surface area contributed by atoms with Crippen molar-refractivity contribution in [3.63, 3.8) is 0 Å². The van der Waals surface area contributed by atoms with Gasteiger partial charge in [0, 0.05) is 18.0 Å². The van der Waals surface area contributed by atoms with Gasteiger partial charge >= 0.3 is 0 Å². The summed E-state index contributed by atoms with van der Waals surface area (Å²) >= 11 is 0.